The first-order valence-corrected chi connectivity index (χ1v) is 6.48. The molecule has 0 saturated heterocycles. The van der Waals surface area contributed by atoms with Crippen molar-refractivity contribution in [1.82, 2.24) is 0 Å². The van der Waals surface area contributed by atoms with E-state index in [1.807, 2.05) is 0 Å². The molecule has 0 fully saturated rings. The molecule has 0 aromatic heterocycles. The Bertz CT molecular complexity index is 457. The molecule has 81 valence electrons. The molecule has 0 atom stereocenters. The summed E-state index contributed by atoms with van der Waals surface area (Å²) in [5.74, 6) is 0. The van der Waals surface area contributed by atoms with Crippen LogP contribution in [0.5, 0.6) is 0 Å². The van der Waals surface area contributed by atoms with Gasteiger partial charge < -0.3 is 0 Å². The van der Waals surface area contributed by atoms with Crippen molar-refractivity contribution in [2.75, 3.05) is 0 Å². The molecule has 2 rings (SSSR count). The van der Waals surface area contributed by atoms with Crippen LogP contribution in [0.3, 0.4) is 0 Å². The first kappa shape index (κ1) is 11.4. The summed E-state index contributed by atoms with van der Waals surface area (Å²) in [5.41, 5.74) is 4.15. The van der Waals surface area contributed by atoms with Gasteiger partial charge in [-0.3, -0.25) is 0 Å². The van der Waals surface area contributed by atoms with Crippen molar-refractivity contribution in [1.29, 1.82) is 0 Å². The van der Waals surface area contributed by atoms with Crippen LogP contribution in [-0.2, 0) is 12.8 Å². The molecule has 1 radical (unpaired) electrons. The average molecular weight is 274 g/mol. The van der Waals surface area contributed by atoms with Gasteiger partial charge in [-0.25, -0.2) is 0 Å². The summed E-state index contributed by atoms with van der Waals surface area (Å²) < 4.78 is 1.25. The molecule has 0 bridgehead atoms. The second-order valence-electron chi connectivity index (χ2n) is 3.95. The van der Waals surface area contributed by atoms with Gasteiger partial charge in [0, 0.05) is 0 Å². The average Bonchev–Trinajstić information content (AvgIpc) is 2.33. The zero-order chi connectivity index (χ0) is 11.4. The first-order chi connectivity index (χ1) is 7.79. The molecule has 0 N–H and O–H groups in total. The van der Waals surface area contributed by atoms with Gasteiger partial charge in [-0.1, -0.05) is 0 Å². The minimum atomic E-state index is 1.01. The molecule has 16 heavy (non-hydrogen) atoms. The Morgan fingerprint density at radius 1 is 0.875 bits per heavy atom. The van der Waals surface area contributed by atoms with Crippen molar-refractivity contribution < 1.29 is 0 Å². The summed E-state index contributed by atoms with van der Waals surface area (Å²) >= 11 is 3.11. The van der Waals surface area contributed by atoms with Crippen LogP contribution in [0.15, 0.2) is 48.5 Å². The van der Waals surface area contributed by atoms with E-state index in [1.165, 1.54) is 21.2 Å². The molecule has 0 aliphatic rings. The van der Waals surface area contributed by atoms with Gasteiger partial charge >= 0.3 is 105 Å². The van der Waals surface area contributed by atoms with E-state index in [-0.39, 0.29) is 0 Å². The number of hydrogen-bond donors (Lipinski definition) is 0. The van der Waals surface area contributed by atoms with Crippen molar-refractivity contribution in [2.24, 2.45) is 0 Å². The number of rotatable bonds is 3. The second kappa shape index (κ2) is 5.34. The summed E-state index contributed by atoms with van der Waals surface area (Å²) in [6.45, 7) is 2.19. The van der Waals surface area contributed by atoms with Crippen LogP contribution in [0.25, 0.3) is 0 Å². The van der Waals surface area contributed by atoms with Crippen molar-refractivity contribution in [2.45, 2.75) is 19.8 Å². The molecule has 1 heteroatoms. The maximum absolute atomic E-state index is 3.11. The van der Waals surface area contributed by atoms with E-state index < -0.39 is 0 Å². The number of benzene rings is 2. The minimum absolute atomic E-state index is 1.01. The van der Waals surface area contributed by atoms with Crippen LogP contribution < -0.4 is 4.46 Å². The molecule has 0 heterocycles. The van der Waals surface area contributed by atoms with Crippen molar-refractivity contribution in [3.8, 4) is 0 Å². The molecule has 0 aliphatic heterocycles. The fraction of sp³-hybridized carbons (Fsp3) is 0.200. The third kappa shape index (κ3) is 2.75. The molecule has 0 nitrogen and oxygen atoms in total. The summed E-state index contributed by atoms with van der Waals surface area (Å²) in [4.78, 5) is 0. The third-order valence-corrected chi connectivity index (χ3v) is 3.63. The van der Waals surface area contributed by atoms with Crippen LogP contribution >= 0.6 is 0 Å². The summed E-state index contributed by atoms with van der Waals surface area (Å²) in [6.07, 6.45) is 2.12. The van der Waals surface area contributed by atoms with Crippen molar-refractivity contribution in [3.05, 3.63) is 65.2 Å². The molecule has 0 saturated carbocycles. The first-order valence-electron chi connectivity index (χ1n) is 5.62. The SMILES string of the molecule is CCc1ccc(Cc2ccccc2[Se])cc1. The molecule has 0 spiro atoms. The van der Waals surface area contributed by atoms with E-state index in [0.29, 0.717) is 0 Å². The van der Waals surface area contributed by atoms with Gasteiger partial charge in [-0.05, 0) is 0 Å². The third-order valence-electron chi connectivity index (χ3n) is 2.80. The van der Waals surface area contributed by atoms with Crippen molar-refractivity contribution in [3.63, 3.8) is 0 Å². The monoisotopic (exact) mass is 275 g/mol. The van der Waals surface area contributed by atoms with Crippen LogP contribution in [0, 0.1) is 0 Å². The Morgan fingerprint density at radius 2 is 1.50 bits per heavy atom. The van der Waals surface area contributed by atoms with E-state index in [1.54, 1.807) is 0 Å². The van der Waals surface area contributed by atoms with Gasteiger partial charge in [0.15, 0.2) is 0 Å². The zero-order valence-electron chi connectivity index (χ0n) is 9.44. The van der Waals surface area contributed by atoms with Crippen LogP contribution in [0.1, 0.15) is 23.6 Å². The topological polar surface area (TPSA) is 0 Å². The molecule has 0 amide bonds. The van der Waals surface area contributed by atoms with E-state index in [0.717, 1.165) is 12.8 Å². The Morgan fingerprint density at radius 3 is 2.12 bits per heavy atom. The molecule has 2 aromatic rings. The standard InChI is InChI=1S/C15H15Se/c1-2-12-7-9-13(10-8-12)11-14-5-3-4-6-15(14)16/h3-10H,2,11H2,1H3. The maximum atomic E-state index is 3.11. The van der Waals surface area contributed by atoms with Crippen LogP contribution in [-0.4, -0.2) is 16.0 Å². The predicted molar refractivity (Wildman–Crippen MR) is 70.5 cm³/mol. The van der Waals surface area contributed by atoms with Gasteiger partial charge in [-0.15, -0.1) is 0 Å². The summed E-state index contributed by atoms with van der Waals surface area (Å²) in [5, 5.41) is 0. The van der Waals surface area contributed by atoms with Gasteiger partial charge in [0.2, 0.25) is 0 Å². The Labute approximate surface area is 106 Å². The second-order valence-corrected chi connectivity index (χ2v) is 4.88. The Balaban J connectivity index is 2.18. The quantitative estimate of drug-likeness (QED) is 0.755. The Hall–Kier alpha value is -1.04. The normalized spacial score (nSPS) is 10.3. The summed E-state index contributed by atoms with van der Waals surface area (Å²) in [7, 11) is 0. The van der Waals surface area contributed by atoms with E-state index >= 15 is 0 Å². The molecular formula is C15H15Se. The number of hydrogen-bond acceptors (Lipinski definition) is 0. The molecular weight excluding hydrogens is 259 g/mol. The van der Waals surface area contributed by atoms with Crippen molar-refractivity contribution >= 4 is 20.5 Å². The van der Waals surface area contributed by atoms with E-state index in [2.05, 4.69) is 71.5 Å². The van der Waals surface area contributed by atoms with Gasteiger partial charge in [0.05, 0.1) is 0 Å². The van der Waals surface area contributed by atoms with Gasteiger partial charge in [0.25, 0.3) is 0 Å². The Kier molecular flexibility index (Phi) is 3.82. The van der Waals surface area contributed by atoms with E-state index in [9.17, 15) is 0 Å². The fourth-order valence-corrected chi connectivity index (χ4v) is 2.22. The van der Waals surface area contributed by atoms with Crippen LogP contribution in [0.2, 0.25) is 0 Å². The molecule has 0 unspecified atom stereocenters. The summed E-state index contributed by atoms with van der Waals surface area (Å²) in [6, 6.07) is 17.4. The van der Waals surface area contributed by atoms with Gasteiger partial charge in [-0.2, -0.15) is 0 Å². The molecule has 2 aromatic carbocycles. The van der Waals surface area contributed by atoms with E-state index in [4.69, 9.17) is 0 Å². The fourth-order valence-electron chi connectivity index (χ4n) is 1.76. The predicted octanol–water partition coefficient (Wildman–Crippen LogP) is 2.63. The number of aryl methyl sites for hydroxylation is 1. The van der Waals surface area contributed by atoms with Crippen LogP contribution in [0.4, 0.5) is 0 Å². The molecule has 0 aliphatic carbocycles. The zero-order valence-corrected chi connectivity index (χ0v) is 11.2. The van der Waals surface area contributed by atoms with Gasteiger partial charge in [0.1, 0.15) is 0 Å².